The summed E-state index contributed by atoms with van der Waals surface area (Å²) in [5.41, 5.74) is 0.436. The topological polar surface area (TPSA) is 89.5 Å². The molecule has 8 heteroatoms. The minimum Gasteiger partial charge on any atom is -0.467 e. The molecule has 0 aliphatic carbocycles. The van der Waals surface area contributed by atoms with E-state index in [2.05, 4.69) is 10.1 Å². The average Bonchev–Trinajstić information content (AvgIpc) is 2.38. The standard InChI is InChI=1S/C13H16ClNO5S/c1-9(16)15-12(13(17)20-2)8-21(18,19)7-10-5-3-4-6-11(10)14/h3-6,12H,7-8H2,1-2H3,(H,15,16). The van der Waals surface area contributed by atoms with E-state index in [9.17, 15) is 18.0 Å². The minimum atomic E-state index is -3.66. The molecule has 1 unspecified atom stereocenters. The Labute approximate surface area is 128 Å². The fourth-order valence-corrected chi connectivity index (χ4v) is 3.57. The van der Waals surface area contributed by atoms with Crippen molar-refractivity contribution in [3.8, 4) is 0 Å². The van der Waals surface area contributed by atoms with Gasteiger partial charge in [0.2, 0.25) is 5.91 Å². The number of halogens is 1. The molecule has 1 rings (SSSR count). The third-order valence-electron chi connectivity index (χ3n) is 2.62. The Balaban J connectivity index is 2.88. The van der Waals surface area contributed by atoms with Gasteiger partial charge in [0.15, 0.2) is 9.84 Å². The highest BCUT2D eigenvalue weighted by Gasteiger charge is 2.27. The Morgan fingerprint density at radius 2 is 1.95 bits per heavy atom. The van der Waals surface area contributed by atoms with E-state index in [1.165, 1.54) is 6.92 Å². The number of carbonyl (C=O) groups is 2. The average molecular weight is 334 g/mol. The molecule has 1 aromatic rings. The van der Waals surface area contributed by atoms with Crippen LogP contribution in [0.3, 0.4) is 0 Å². The molecule has 0 fully saturated rings. The van der Waals surface area contributed by atoms with E-state index in [0.717, 1.165) is 7.11 Å². The van der Waals surface area contributed by atoms with Crippen molar-refractivity contribution in [2.75, 3.05) is 12.9 Å². The number of rotatable bonds is 6. The first kappa shape index (κ1) is 17.5. The Morgan fingerprint density at radius 1 is 1.33 bits per heavy atom. The predicted octanol–water partition coefficient (Wildman–Crippen LogP) is 0.932. The predicted molar refractivity (Wildman–Crippen MR) is 78.6 cm³/mol. The number of carbonyl (C=O) groups excluding carboxylic acids is 2. The van der Waals surface area contributed by atoms with Crippen LogP contribution in [0.4, 0.5) is 0 Å². The van der Waals surface area contributed by atoms with Gasteiger partial charge in [-0.25, -0.2) is 13.2 Å². The molecule has 1 aromatic carbocycles. The highest BCUT2D eigenvalue weighted by molar-refractivity contribution is 7.90. The molecule has 0 aliphatic heterocycles. The summed E-state index contributed by atoms with van der Waals surface area (Å²) in [6, 6.07) is 5.29. The molecule has 116 valence electrons. The summed E-state index contributed by atoms with van der Waals surface area (Å²) in [4.78, 5) is 22.6. The van der Waals surface area contributed by atoms with Gasteiger partial charge in [-0.2, -0.15) is 0 Å². The summed E-state index contributed by atoms with van der Waals surface area (Å²) in [5, 5.41) is 2.59. The van der Waals surface area contributed by atoms with Crippen molar-refractivity contribution in [1.29, 1.82) is 0 Å². The van der Waals surface area contributed by atoms with Crippen LogP contribution in [-0.4, -0.2) is 39.2 Å². The summed E-state index contributed by atoms with van der Waals surface area (Å²) in [5.74, 6) is -2.20. The summed E-state index contributed by atoms with van der Waals surface area (Å²) in [7, 11) is -2.53. The van der Waals surface area contributed by atoms with Gasteiger partial charge in [0.25, 0.3) is 0 Å². The van der Waals surface area contributed by atoms with Crippen LogP contribution in [0.15, 0.2) is 24.3 Å². The van der Waals surface area contributed by atoms with Crippen LogP contribution in [0.2, 0.25) is 5.02 Å². The van der Waals surface area contributed by atoms with E-state index in [0.29, 0.717) is 10.6 Å². The van der Waals surface area contributed by atoms with E-state index >= 15 is 0 Å². The number of methoxy groups -OCH3 is 1. The largest absolute Gasteiger partial charge is 0.467 e. The van der Waals surface area contributed by atoms with Crippen molar-refractivity contribution < 1.29 is 22.7 Å². The molecule has 0 saturated carbocycles. The van der Waals surface area contributed by atoms with Gasteiger partial charge in [-0.3, -0.25) is 4.79 Å². The van der Waals surface area contributed by atoms with Gasteiger partial charge in [0, 0.05) is 11.9 Å². The molecule has 0 bridgehead atoms. The molecule has 21 heavy (non-hydrogen) atoms. The summed E-state index contributed by atoms with van der Waals surface area (Å²) in [6.07, 6.45) is 0. The lowest BCUT2D eigenvalue weighted by atomic mass is 10.2. The van der Waals surface area contributed by atoms with Gasteiger partial charge in [0.05, 0.1) is 18.6 Å². The highest BCUT2D eigenvalue weighted by Crippen LogP contribution is 2.18. The zero-order chi connectivity index (χ0) is 16.0. The first-order valence-electron chi connectivity index (χ1n) is 6.04. The number of esters is 1. The van der Waals surface area contributed by atoms with Crippen LogP contribution >= 0.6 is 11.6 Å². The molecule has 1 atom stereocenters. The van der Waals surface area contributed by atoms with Crippen molar-refractivity contribution in [3.63, 3.8) is 0 Å². The number of benzene rings is 1. The fraction of sp³-hybridized carbons (Fsp3) is 0.385. The Bertz CT molecular complexity index is 629. The van der Waals surface area contributed by atoms with Crippen LogP contribution < -0.4 is 5.32 Å². The normalized spacial score (nSPS) is 12.5. The number of amides is 1. The van der Waals surface area contributed by atoms with Gasteiger partial charge in [-0.15, -0.1) is 0 Å². The molecule has 0 aliphatic rings. The molecular formula is C13H16ClNO5S. The van der Waals surface area contributed by atoms with Crippen LogP contribution in [-0.2, 0) is 29.9 Å². The summed E-state index contributed by atoms with van der Waals surface area (Å²) in [6.45, 7) is 1.19. The molecule has 0 aromatic heterocycles. The Morgan fingerprint density at radius 3 is 2.48 bits per heavy atom. The fourth-order valence-electron chi connectivity index (χ4n) is 1.72. The van der Waals surface area contributed by atoms with E-state index in [1.54, 1.807) is 24.3 Å². The summed E-state index contributed by atoms with van der Waals surface area (Å²) < 4.78 is 28.8. The number of hydrogen-bond donors (Lipinski definition) is 1. The maximum Gasteiger partial charge on any atom is 0.329 e. The van der Waals surface area contributed by atoms with Gasteiger partial charge in [-0.1, -0.05) is 29.8 Å². The second-order valence-corrected chi connectivity index (χ2v) is 6.94. The van der Waals surface area contributed by atoms with Crippen molar-refractivity contribution in [2.24, 2.45) is 0 Å². The van der Waals surface area contributed by atoms with Crippen molar-refractivity contribution in [1.82, 2.24) is 5.32 Å². The van der Waals surface area contributed by atoms with E-state index < -0.39 is 33.5 Å². The molecule has 1 N–H and O–H groups in total. The lowest BCUT2D eigenvalue weighted by molar-refractivity contribution is -0.144. The monoisotopic (exact) mass is 333 g/mol. The molecule has 0 radical (unpaired) electrons. The third kappa shape index (κ3) is 5.73. The van der Waals surface area contributed by atoms with Crippen LogP contribution in [0.5, 0.6) is 0 Å². The SMILES string of the molecule is COC(=O)C(CS(=O)(=O)Cc1ccccc1Cl)NC(C)=O. The lowest BCUT2D eigenvalue weighted by Crippen LogP contribution is -2.45. The molecule has 1 amide bonds. The van der Waals surface area contributed by atoms with Crippen molar-refractivity contribution in [2.45, 2.75) is 18.7 Å². The third-order valence-corrected chi connectivity index (χ3v) is 4.58. The molecule has 0 saturated heterocycles. The van der Waals surface area contributed by atoms with Crippen LogP contribution in [0.1, 0.15) is 12.5 Å². The van der Waals surface area contributed by atoms with Gasteiger partial charge in [-0.05, 0) is 11.6 Å². The van der Waals surface area contributed by atoms with Crippen LogP contribution in [0, 0.1) is 0 Å². The first-order chi connectivity index (χ1) is 9.75. The molecule has 6 nitrogen and oxygen atoms in total. The Kier molecular flexibility index (Phi) is 6.17. The second kappa shape index (κ2) is 7.42. The zero-order valence-electron chi connectivity index (χ0n) is 11.6. The maximum atomic E-state index is 12.1. The number of hydrogen-bond acceptors (Lipinski definition) is 5. The number of sulfone groups is 1. The van der Waals surface area contributed by atoms with E-state index in [1.807, 2.05) is 0 Å². The maximum absolute atomic E-state index is 12.1. The summed E-state index contributed by atoms with van der Waals surface area (Å²) >= 11 is 5.92. The van der Waals surface area contributed by atoms with Gasteiger partial charge < -0.3 is 10.1 Å². The first-order valence-corrected chi connectivity index (χ1v) is 8.24. The quantitative estimate of drug-likeness (QED) is 0.782. The van der Waals surface area contributed by atoms with Gasteiger partial charge in [0.1, 0.15) is 6.04 Å². The number of nitrogens with one attached hydrogen (secondary N) is 1. The van der Waals surface area contributed by atoms with Gasteiger partial charge >= 0.3 is 5.97 Å². The van der Waals surface area contributed by atoms with E-state index in [-0.39, 0.29) is 5.75 Å². The highest BCUT2D eigenvalue weighted by atomic mass is 35.5. The molecular weight excluding hydrogens is 318 g/mol. The molecule has 0 heterocycles. The smallest absolute Gasteiger partial charge is 0.329 e. The Hall–Kier alpha value is -1.60. The molecule has 0 spiro atoms. The number of ether oxygens (including phenoxy) is 1. The van der Waals surface area contributed by atoms with Crippen molar-refractivity contribution >= 4 is 33.3 Å². The van der Waals surface area contributed by atoms with Crippen molar-refractivity contribution in [3.05, 3.63) is 34.9 Å². The van der Waals surface area contributed by atoms with Crippen LogP contribution in [0.25, 0.3) is 0 Å². The second-order valence-electron chi connectivity index (χ2n) is 4.42. The minimum absolute atomic E-state index is 0.320. The lowest BCUT2D eigenvalue weighted by Gasteiger charge is -2.15. The zero-order valence-corrected chi connectivity index (χ0v) is 13.2. The van der Waals surface area contributed by atoms with E-state index in [4.69, 9.17) is 11.6 Å².